The smallest absolute Gasteiger partial charge is 0.277 e. The molecule has 0 aromatic carbocycles. The van der Waals surface area contributed by atoms with E-state index in [9.17, 15) is 4.79 Å². The van der Waals surface area contributed by atoms with Crippen LogP contribution in [-0.2, 0) is 4.84 Å². The van der Waals surface area contributed by atoms with Gasteiger partial charge in [-0.25, -0.2) is 15.0 Å². The van der Waals surface area contributed by atoms with Crippen LogP contribution in [0, 0.1) is 6.92 Å². The van der Waals surface area contributed by atoms with Gasteiger partial charge in [0.15, 0.2) is 0 Å². The number of hydroxylamine groups is 1. The number of carbonyl (C=O) groups is 1. The van der Waals surface area contributed by atoms with Gasteiger partial charge in [-0.15, -0.1) is 5.10 Å². The van der Waals surface area contributed by atoms with Gasteiger partial charge < -0.3 is 0 Å². The third-order valence-corrected chi connectivity index (χ3v) is 1.83. The van der Waals surface area contributed by atoms with Crippen LogP contribution in [0.15, 0.2) is 12.3 Å². The van der Waals surface area contributed by atoms with Crippen molar-refractivity contribution in [3.8, 4) is 0 Å². The molecular weight excluding hydrogens is 198 g/mol. The fraction of sp³-hybridized carbons (Fsp3) is 0.250. The minimum absolute atomic E-state index is 0.0265. The number of carbonyl (C=O) groups excluding carboxylic acids is 1. The van der Waals surface area contributed by atoms with Crippen molar-refractivity contribution < 1.29 is 9.63 Å². The van der Waals surface area contributed by atoms with Crippen LogP contribution < -0.4 is 5.48 Å². The third-order valence-electron chi connectivity index (χ3n) is 1.83. The zero-order valence-corrected chi connectivity index (χ0v) is 8.26. The van der Waals surface area contributed by atoms with Crippen LogP contribution >= 0.6 is 0 Å². The van der Waals surface area contributed by atoms with Crippen LogP contribution in [0.1, 0.15) is 16.3 Å². The maximum atomic E-state index is 11.3. The molecule has 0 saturated carbocycles. The first-order valence-corrected chi connectivity index (χ1v) is 4.24. The number of hydrogen-bond acceptors (Lipinski definition) is 5. The molecule has 0 unspecified atom stereocenters. The Morgan fingerprint density at radius 1 is 1.60 bits per heavy atom. The summed E-state index contributed by atoms with van der Waals surface area (Å²) >= 11 is 0. The average molecular weight is 207 g/mol. The average Bonchev–Trinajstić information content (AvgIpc) is 2.63. The van der Waals surface area contributed by atoms with Gasteiger partial charge in [0.05, 0.1) is 7.11 Å². The fourth-order valence-electron chi connectivity index (χ4n) is 1.14. The van der Waals surface area contributed by atoms with E-state index in [0.717, 1.165) is 5.69 Å². The lowest BCUT2D eigenvalue weighted by Gasteiger charge is -1.95. The molecule has 0 spiro atoms. The molecule has 7 nitrogen and oxygen atoms in total. The molecule has 0 fully saturated rings. The van der Waals surface area contributed by atoms with E-state index < -0.39 is 5.91 Å². The SMILES string of the molecule is CONC(=O)c1nc2nccc(C)n2n1. The summed E-state index contributed by atoms with van der Waals surface area (Å²) in [7, 11) is 1.34. The van der Waals surface area contributed by atoms with Crippen LogP contribution in [-0.4, -0.2) is 32.6 Å². The number of rotatable bonds is 2. The Bertz CT molecular complexity index is 507. The molecule has 0 radical (unpaired) electrons. The van der Waals surface area contributed by atoms with Gasteiger partial charge in [-0.1, -0.05) is 0 Å². The quantitative estimate of drug-likeness (QED) is 0.685. The lowest BCUT2D eigenvalue weighted by atomic mass is 10.5. The monoisotopic (exact) mass is 207 g/mol. The van der Waals surface area contributed by atoms with Crippen LogP contribution in [0.2, 0.25) is 0 Å². The zero-order chi connectivity index (χ0) is 10.8. The van der Waals surface area contributed by atoms with Crippen molar-refractivity contribution in [2.45, 2.75) is 6.92 Å². The third kappa shape index (κ3) is 1.64. The fourth-order valence-corrected chi connectivity index (χ4v) is 1.14. The highest BCUT2D eigenvalue weighted by molar-refractivity contribution is 5.89. The summed E-state index contributed by atoms with van der Waals surface area (Å²) in [5.41, 5.74) is 2.99. The lowest BCUT2D eigenvalue weighted by molar-refractivity contribution is 0.0527. The number of nitrogens with one attached hydrogen (secondary N) is 1. The van der Waals surface area contributed by atoms with E-state index in [-0.39, 0.29) is 5.82 Å². The Balaban J connectivity index is 2.47. The number of aryl methyl sites for hydroxylation is 1. The van der Waals surface area contributed by atoms with E-state index in [1.165, 1.54) is 11.6 Å². The predicted octanol–water partition coefficient (Wildman–Crippen LogP) is -0.276. The van der Waals surface area contributed by atoms with E-state index in [2.05, 4.69) is 25.4 Å². The van der Waals surface area contributed by atoms with E-state index >= 15 is 0 Å². The summed E-state index contributed by atoms with van der Waals surface area (Å²) in [4.78, 5) is 23.7. The number of nitrogens with zero attached hydrogens (tertiary/aromatic N) is 4. The first-order chi connectivity index (χ1) is 7.22. The van der Waals surface area contributed by atoms with Crippen LogP contribution in [0.4, 0.5) is 0 Å². The number of amides is 1. The van der Waals surface area contributed by atoms with Gasteiger partial charge in [0.2, 0.25) is 5.82 Å². The lowest BCUT2D eigenvalue weighted by Crippen LogP contribution is -2.23. The second-order valence-corrected chi connectivity index (χ2v) is 2.87. The number of hydrogen-bond donors (Lipinski definition) is 1. The molecule has 0 bridgehead atoms. The van der Waals surface area contributed by atoms with Crippen molar-refractivity contribution in [3.63, 3.8) is 0 Å². The summed E-state index contributed by atoms with van der Waals surface area (Å²) in [5.74, 6) is -0.0858. The maximum Gasteiger partial charge on any atom is 0.314 e. The topological polar surface area (TPSA) is 81.4 Å². The normalized spacial score (nSPS) is 10.5. The highest BCUT2D eigenvalue weighted by atomic mass is 16.6. The largest absolute Gasteiger partial charge is 0.314 e. The summed E-state index contributed by atoms with van der Waals surface area (Å²) in [6, 6.07) is 1.78. The Morgan fingerprint density at radius 2 is 2.40 bits per heavy atom. The molecule has 78 valence electrons. The standard InChI is InChI=1S/C8H9N5O2/c1-5-3-4-9-8-10-6(11-13(5)8)7(14)12-15-2/h3-4H,1-2H3,(H,12,14). The second-order valence-electron chi connectivity index (χ2n) is 2.87. The molecule has 0 aliphatic carbocycles. The molecule has 2 aromatic heterocycles. The summed E-state index contributed by atoms with van der Waals surface area (Å²) in [6.07, 6.45) is 1.61. The van der Waals surface area contributed by atoms with Crippen molar-refractivity contribution in [1.82, 2.24) is 25.1 Å². The van der Waals surface area contributed by atoms with Gasteiger partial charge in [0, 0.05) is 11.9 Å². The van der Waals surface area contributed by atoms with E-state index in [0.29, 0.717) is 5.78 Å². The van der Waals surface area contributed by atoms with Crippen molar-refractivity contribution in [1.29, 1.82) is 0 Å². The molecule has 0 atom stereocenters. The van der Waals surface area contributed by atoms with Crippen molar-refractivity contribution in [2.24, 2.45) is 0 Å². The molecule has 1 N–H and O–H groups in total. The van der Waals surface area contributed by atoms with Crippen LogP contribution in [0.3, 0.4) is 0 Å². The molecule has 7 heteroatoms. The van der Waals surface area contributed by atoms with Gasteiger partial charge in [-0.2, -0.15) is 4.98 Å². The summed E-state index contributed by atoms with van der Waals surface area (Å²) < 4.78 is 1.49. The van der Waals surface area contributed by atoms with E-state index in [1.807, 2.05) is 6.92 Å². The molecule has 0 aliphatic heterocycles. The number of aromatic nitrogens is 4. The maximum absolute atomic E-state index is 11.3. The molecule has 0 saturated heterocycles. The molecule has 2 rings (SSSR count). The van der Waals surface area contributed by atoms with E-state index in [4.69, 9.17) is 0 Å². The second kappa shape index (κ2) is 3.62. The Labute approximate surface area is 85.1 Å². The van der Waals surface area contributed by atoms with Gasteiger partial charge in [-0.3, -0.25) is 9.63 Å². The zero-order valence-electron chi connectivity index (χ0n) is 8.26. The number of fused-ring (bicyclic) bond motifs is 1. The van der Waals surface area contributed by atoms with Gasteiger partial charge in [0.1, 0.15) is 0 Å². The Hall–Kier alpha value is -2.02. The minimum atomic E-state index is -0.498. The summed E-state index contributed by atoms with van der Waals surface area (Å²) in [6.45, 7) is 1.85. The molecular formula is C8H9N5O2. The van der Waals surface area contributed by atoms with Crippen molar-refractivity contribution in [3.05, 3.63) is 23.8 Å². The highest BCUT2D eigenvalue weighted by Crippen LogP contribution is 2.01. The molecule has 2 heterocycles. The highest BCUT2D eigenvalue weighted by Gasteiger charge is 2.13. The van der Waals surface area contributed by atoms with Crippen molar-refractivity contribution in [2.75, 3.05) is 7.11 Å². The van der Waals surface area contributed by atoms with E-state index in [1.54, 1.807) is 12.3 Å². The minimum Gasteiger partial charge on any atom is -0.277 e. The van der Waals surface area contributed by atoms with Gasteiger partial charge in [0.25, 0.3) is 5.78 Å². The Morgan fingerprint density at radius 3 is 3.07 bits per heavy atom. The molecule has 0 aliphatic rings. The predicted molar refractivity (Wildman–Crippen MR) is 50.0 cm³/mol. The first kappa shape index (κ1) is 9.53. The summed E-state index contributed by atoms with van der Waals surface area (Å²) in [5, 5.41) is 3.98. The van der Waals surface area contributed by atoms with Gasteiger partial charge in [-0.05, 0) is 13.0 Å². The Kier molecular flexibility index (Phi) is 2.30. The molecule has 1 amide bonds. The van der Waals surface area contributed by atoms with Crippen LogP contribution in [0.25, 0.3) is 5.78 Å². The van der Waals surface area contributed by atoms with Crippen molar-refractivity contribution >= 4 is 11.7 Å². The van der Waals surface area contributed by atoms with Crippen LogP contribution in [0.5, 0.6) is 0 Å². The van der Waals surface area contributed by atoms with Gasteiger partial charge >= 0.3 is 5.91 Å². The molecule has 2 aromatic rings. The molecule has 15 heavy (non-hydrogen) atoms. The first-order valence-electron chi connectivity index (χ1n) is 4.24.